The van der Waals surface area contributed by atoms with Gasteiger partial charge in [-0.2, -0.15) is 0 Å². The summed E-state index contributed by atoms with van der Waals surface area (Å²) in [5.41, 5.74) is 0.937. The van der Waals surface area contributed by atoms with Gasteiger partial charge in [0.05, 0.1) is 9.99 Å². The van der Waals surface area contributed by atoms with Crippen molar-refractivity contribution in [2.75, 3.05) is 0 Å². The molecule has 1 aromatic heterocycles. The van der Waals surface area contributed by atoms with Gasteiger partial charge in [-0.25, -0.2) is 9.37 Å². The Balaban J connectivity index is 2.34. The van der Waals surface area contributed by atoms with E-state index in [4.69, 9.17) is 0 Å². The Bertz CT molecular complexity index is 634. The average Bonchev–Trinajstić information content (AvgIpc) is 3.08. The molecule has 1 aliphatic carbocycles. The number of aromatic amines is 1. The second-order valence-electron chi connectivity index (χ2n) is 3.98. The number of hydrogen-bond donors (Lipinski definition) is 1. The van der Waals surface area contributed by atoms with E-state index >= 15 is 0 Å². The smallest absolute Gasteiger partial charge is 0.270 e. The van der Waals surface area contributed by atoms with Crippen LogP contribution >= 0.6 is 15.9 Å². The lowest BCUT2D eigenvalue weighted by Crippen LogP contribution is -2.14. The number of H-pyrrole nitrogens is 1. The van der Waals surface area contributed by atoms with Crippen molar-refractivity contribution in [2.45, 2.75) is 18.8 Å². The normalized spacial score (nSPS) is 15.6. The summed E-state index contributed by atoms with van der Waals surface area (Å²) < 4.78 is 14.0. The van der Waals surface area contributed by atoms with Crippen LogP contribution in [-0.2, 0) is 0 Å². The van der Waals surface area contributed by atoms with E-state index in [1.807, 2.05) is 0 Å². The summed E-state index contributed by atoms with van der Waals surface area (Å²) in [6.45, 7) is 0. The molecule has 3 nitrogen and oxygen atoms in total. The van der Waals surface area contributed by atoms with Gasteiger partial charge in [0.2, 0.25) is 0 Å². The van der Waals surface area contributed by atoms with E-state index in [-0.39, 0.29) is 17.0 Å². The largest absolute Gasteiger partial charge is 0.317 e. The molecular formula is C11H8BrFN2O. The fourth-order valence-corrected chi connectivity index (χ4v) is 2.07. The monoisotopic (exact) mass is 282 g/mol. The molecule has 0 saturated heterocycles. The van der Waals surface area contributed by atoms with Crippen molar-refractivity contribution in [3.63, 3.8) is 0 Å². The molecule has 1 fully saturated rings. The van der Waals surface area contributed by atoms with E-state index < -0.39 is 5.82 Å². The first-order valence-electron chi connectivity index (χ1n) is 5.05. The van der Waals surface area contributed by atoms with Crippen LogP contribution in [0, 0.1) is 5.82 Å². The molecular weight excluding hydrogens is 275 g/mol. The lowest BCUT2D eigenvalue weighted by molar-refractivity contribution is 0.629. The zero-order valence-corrected chi connectivity index (χ0v) is 9.84. The minimum atomic E-state index is -0.468. The molecule has 0 bridgehead atoms. The molecule has 1 heterocycles. The Labute approximate surface area is 98.8 Å². The number of rotatable bonds is 1. The predicted octanol–water partition coefficient (Wildman–Crippen LogP) is 2.70. The van der Waals surface area contributed by atoms with Gasteiger partial charge in [-0.3, -0.25) is 4.79 Å². The average molecular weight is 283 g/mol. The summed E-state index contributed by atoms with van der Waals surface area (Å²) >= 11 is 3.08. The molecule has 0 spiro atoms. The van der Waals surface area contributed by atoms with E-state index in [2.05, 4.69) is 25.9 Å². The van der Waals surface area contributed by atoms with Gasteiger partial charge in [-0.1, -0.05) is 0 Å². The van der Waals surface area contributed by atoms with Crippen molar-refractivity contribution < 1.29 is 4.39 Å². The van der Waals surface area contributed by atoms with Gasteiger partial charge < -0.3 is 4.98 Å². The van der Waals surface area contributed by atoms with Gasteiger partial charge in [-0.05, 0) is 40.9 Å². The first-order valence-corrected chi connectivity index (χ1v) is 5.84. The zero-order valence-electron chi connectivity index (χ0n) is 8.26. The third-order valence-electron chi connectivity index (χ3n) is 2.75. The summed E-state index contributed by atoms with van der Waals surface area (Å²) in [4.78, 5) is 18.5. The molecule has 1 N–H and O–H groups in total. The van der Waals surface area contributed by atoms with E-state index in [1.54, 1.807) is 12.1 Å². The molecule has 0 aliphatic heterocycles. The number of benzene rings is 1. The van der Waals surface area contributed by atoms with Crippen molar-refractivity contribution in [3.05, 3.63) is 38.5 Å². The van der Waals surface area contributed by atoms with Crippen LogP contribution in [0.1, 0.15) is 24.5 Å². The molecule has 0 unspecified atom stereocenters. The Hall–Kier alpha value is -1.23. The lowest BCUT2D eigenvalue weighted by atomic mass is 10.2. The third-order valence-corrected chi connectivity index (χ3v) is 3.36. The number of nitrogens with zero attached hydrogens (tertiary/aromatic N) is 1. The molecule has 82 valence electrons. The molecule has 16 heavy (non-hydrogen) atoms. The van der Waals surface area contributed by atoms with Crippen LogP contribution in [0.2, 0.25) is 0 Å². The first kappa shape index (κ1) is 9.96. The minimum absolute atomic E-state index is 0.170. The molecule has 2 aromatic rings. The molecule has 3 rings (SSSR count). The second kappa shape index (κ2) is 3.38. The van der Waals surface area contributed by atoms with Gasteiger partial charge in [0.25, 0.3) is 5.56 Å². The first-order chi connectivity index (χ1) is 7.66. The van der Waals surface area contributed by atoms with Gasteiger partial charge in [0, 0.05) is 5.92 Å². The Kier molecular flexibility index (Phi) is 2.10. The molecule has 1 aliphatic rings. The van der Waals surface area contributed by atoms with Crippen LogP contribution in [0.5, 0.6) is 0 Å². The Morgan fingerprint density at radius 3 is 2.88 bits per heavy atom. The molecule has 0 amide bonds. The molecule has 5 heteroatoms. The maximum atomic E-state index is 13.7. The van der Waals surface area contributed by atoms with Crippen molar-refractivity contribution >= 4 is 27.0 Å². The van der Waals surface area contributed by atoms with Crippen molar-refractivity contribution in [1.82, 2.24) is 9.97 Å². The minimum Gasteiger partial charge on any atom is -0.317 e. The summed E-state index contributed by atoms with van der Waals surface area (Å²) in [7, 11) is 0. The highest BCUT2D eigenvalue weighted by molar-refractivity contribution is 9.10. The number of fused-ring (bicyclic) bond motifs is 1. The standard InChI is InChI=1S/C11H8BrFN2O/c12-6-3-4-7-10(8(6)13)15-11(16)9(14-7)5-1-2-5/h3-5H,1-2H2,(H,15,16). The Morgan fingerprint density at radius 1 is 1.44 bits per heavy atom. The number of nitrogens with one attached hydrogen (secondary N) is 1. The highest BCUT2D eigenvalue weighted by atomic mass is 79.9. The van der Waals surface area contributed by atoms with Crippen LogP contribution in [0.15, 0.2) is 21.4 Å². The zero-order chi connectivity index (χ0) is 11.3. The van der Waals surface area contributed by atoms with Gasteiger partial charge in [-0.15, -0.1) is 0 Å². The van der Waals surface area contributed by atoms with Crippen LogP contribution in [-0.4, -0.2) is 9.97 Å². The van der Waals surface area contributed by atoms with Crippen LogP contribution < -0.4 is 5.56 Å². The van der Waals surface area contributed by atoms with Crippen molar-refractivity contribution in [3.8, 4) is 0 Å². The van der Waals surface area contributed by atoms with Crippen molar-refractivity contribution in [2.24, 2.45) is 0 Å². The maximum absolute atomic E-state index is 13.7. The fourth-order valence-electron chi connectivity index (χ4n) is 1.74. The summed E-state index contributed by atoms with van der Waals surface area (Å²) in [6, 6.07) is 3.30. The van der Waals surface area contributed by atoms with Crippen LogP contribution in [0.3, 0.4) is 0 Å². The molecule has 1 aromatic carbocycles. The summed E-state index contributed by atoms with van der Waals surface area (Å²) in [5, 5.41) is 0. The lowest BCUT2D eigenvalue weighted by Gasteiger charge is -2.03. The van der Waals surface area contributed by atoms with Gasteiger partial charge >= 0.3 is 0 Å². The van der Waals surface area contributed by atoms with E-state index in [9.17, 15) is 9.18 Å². The molecule has 0 radical (unpaired) electrons. The third kappa shape index (κ3) is 1.46. The van der Waals surface area contributed by atoms with E-state index in [1.165, 1.54) is 0 Å². The predicted molar refractivity (Wildman–Crippen MR) is 62.0 cm³/mol. The highest BCUT2D eigenvalue weighted by Crippen LogP contribution is 2.37. The fraction of sp³-hybridized carbons (Fsp3) is 0.273. The van der Waals surface area contributed by atoms with E-state index in [0.717, 1.165) is 12.8 Å². The summed E-state index contributed by atoms with van der Waals surface area (Å²) in [5.74, 6) is -0.204. The highest BCUT2D eigenvalue weighted by Gasteiger charge is 2.28. The van der Waals surface area contributed by atoms with Gasteiger partial charge in [0.1, 0.15) is 11.2 Å². The molecule has 1 saturated carbocycles. The number of hydrogen-bond acceptors (Lipinski definition) is 2. The summed E-state index contributed by atoms with van der Waals surface area (Å²) in [6.07, 6.45) is 2.00. The van der Waals surface area contributed by atoms with Gasteiger partial charge in [0.15, 0.2) is 5.82 Å². The number of aromatic nitrogens is 2. The van der Waals surface area contributed by atoms with Crippen molar-refractivity contribution in [1.29, 1.82) is 0 Å². The number of halogens is 2. The quantitative estimate of drug-likeness (QED) is 0.874. The Morgan fingerprint density at radius 2 is 2.19 bits per heavy atom. The van der Waals surface area contributed by atoms with Crippen LogP contribution in [0.4, 0.5) is 4.39 Å². The van der Waals surface area contributed by atoms with E-state index in [0.29, 0.717) is 15.7 Å². The topological polar surface area (TPSA) is 45.8 Å². The second-order valence-corrected chi connectivity index (χ2v) is 4.84. The molecule has 0 atom stereocenters. The van der Waals surface area contributed by atoms with Crippen LogP contribution in [0.25, 0.3) is 11.0 Å². The SMILES string of the molecule is O=c1[nH]c2c(F)c(Br)ccc2nc1C1CC1. The maximum Gasteiger partial charge on any atom is 0.270 e.